The molecule has 0 bridgehead atoms. The molecule has 0 N–H and O–H groups in total. The van der Waals surface area contributed by atoms with Crippen molar-refractivity contribution >= 4 is 27.9 Å². The molecule has 0 heterocycles. The van der Waals surface area contributed by atoms with E-state index in [4.69, 9.17) is 10.2 Å². The van der Waals surface area contributed by atoms with Crippen LogP contribution in [0.3, 0.4) is 0 Å². The average molecular weight is 315 g/mol. The maximum atomic E-state index is 4.70. The predicted molar refractivity (Wildman–Crippen MR) is 97.7 cm³/mol. The largest absolute Gasteiger partial charge is 0.328 e. The third-order valence-corrected chi connectivity index (χ3v) is 7.51. The highest BCUT2D eigenvalue weighted by Gasteiger charge is 2.20. The van der Waals surface area contributed by atoms with Gasteiger partial charge in [0.25, 0.3) is 0 Å². The zero-order chi connectivity index (χ0) is 16.1. The molecule has 0 saturated carbocycles. The van der Waals surface area contributed by atoms with E-state index in [1.165, 1.54) is 11.4 Å². The first kappa shape index (κ1) is 19.4. The Balaban J connectivity index is 4.49. The SMILES string of the molecule is CC(CCC(C)=NN(C)[Si](C)(C)C)=NN(C)[Si](C)(C)C. The molecule has 0 aliphatic rings. The molecule has 0 radical (unpaired) electrons. The summed E-state index contributed by atoms with van der Waals surface area (Å²) in [5.74, 6) is 0. The first-order chi connectivity index (χ1) is 8.84. The van der Waals surface area contributed by atoms with E-state index >= 15 is 0 Å². The van der Waals surface area contributed by atoms with Crippen LogP contribution in [-0.2, 0) is 0 Å². The van der Waals surface area contributed by atoms with Gasteiger partial charge in [-0.25, -0.2) is 0 Å². The fourth-order valence-corrected chi connectivity index (χ4v) is 2.22. The molecule has 0 unspecified atom stereocenters. The summed E-state index contributed by atoms with van der Waals surface area (Å²) in [5.41, 5.74) is 2.39. The van der Waals surface area contributed by atoms with Crippen molar-refractivity contribution in [3.8, 4) is 0 Å². The second kappa shape index (κ2) is 7.40. The lowest BCUT2D eigenvalue weighted by Crippen LogP contribution is -2.40. The van der Waals surface area contributed by atoms with E-state index in [0.29, 0.717) is 0 Å². The second-order valence-corrected chi connectivity index (χ2v) is 17.5. The highest BCUT2D eigenvalue weighted by Crippen LogP contribution is 2.10. The van der Waals surface area contributed by atoms with E-state index in [-0.39, 0.29) is 0 Å². The van der Waals surface area contributed by atoms with Gasteiger partial charge in [-0.05, 0) is 26.7 Å². The van der Waals surface area contributed by atoms with Gasteiger partial charge in [0, 0.05) is 25.5 Å². The lowest BCUT2D eigenvalue weighted by molar-refractivity contribution is 0.542. The van der Waals surface area contributed by atoms with E-state index in [9.17, 15) is 0 Å². The topological polar surface area (TPSA) is 31.2 Å². The van der Waals surface area contributed by atoms with Gasteiger partial charge in [-0.2, -0.15) is 10.2 Å². The van der Waals surface area contributed by atoms with Gasteiger partial charge < -0.3 is 9.35 Å². The fourth-order valence-electron chi connectivity index (χ4n) is 1.27. The monoisotopic (exact) mass is 314 g/mol. The van der Waals surface area contributed by atoms with E-state index in [1.54, 1.807) is 0 Å². The van der Waals surface area contributed by atoms with Gasteiger partial charge in [-0.3, -0.25) is 0 Å². The second-order valence-electron chi connectivity index (χ2n) is 7.56. The number of rotatable bonds is 7. The van der Waals surface area contributed by atoms with Gasteiger partial charge in [0.2, 0.25) is 0 Å². The zero-order valence-corrected chi connectivity index (χ0v) is 17.2. The maximum absolute atomic E-state index is 4.70. The summed E-state index contributed by atoms with van der Waals surface area (Å²) in [5, 5.41) is 9.40. The molecule has 0 aliphatic carbocycles. The molecule has 0 aromatic rings. The summed E-state index contributed by atoms with van der Waals surface area (Å²) in [6.45, 7) is 18.1. The molecule has 0 aromatic heterocycles. The normalized spacial score (nSPS) is 14.5. The third kappa shape index (κ3) is 7.84. The van der Waals surface area contributed by atoms with Crippen molar-refractivity contribution in [3.63, 3.8) is 0 Å². The van der Waals surface area contributed by atoms with Gasteiger partial charge >= 0.3 is 0 Å². The van der Waals surface area contributed by atoms with Crippen LogP contribution in [-0.4, -0.2) is 51.3 Å². The van der Waals surface area contributed by atoms with Gasteiger partial charge in [-0.15, -0.1) is 0 Å². The summed E-state index contributed by atoms with van der Waals surface area (Å²) >= 11 is 0. The number of hydrazone groups is 2. The molecule has 0 atom stereocenters. The standard InChI is InChI=1S/C14H34N4Si2/c1-13(15-17(3)19(5,6)7)11-12-14(2)16-18(4)20(8,9)10/h11-12H2,1-10H3. The maximum Gasteiger partial charge on any atom is 0.168 e. The number of hydrogen-bond acceptors (Lipinski definition) is 4. The van der Waals surface area contributed by atoms with Crippen LogP contribution in [0, 0.1) is 0 Å². The van der Waals surface area contributed by atoms with Crippen LogP contribution in [0.5, 0.6) is 0 Å². The molecule has 0 amide bonds. The molecule has 0 aromatic carbocycles. The molecule has 118 valence electrons. The summed E-state index contributed by atoms with van der Waals surface area (Å²) < 4.78 is 4.34. The molecule has 4 nitrogen and oxygen atoms in total. The molecule has 0 aliphatic heterocycles. The zero-order valence-electron chi connectivity index (χ0n) is 15.2. The molecular formula is C14H34N4Si2. The average Bonchev–Trinajstić information content (AvgIpc) is 2.23. The van der Waals surface area contributed by atoms with Crippen LogP contribution < -0.4 is 0 Å². The van der Waals surface area contributed by atoms with E-state index in [1.807, 2.05) is 0 Å². The van der Waals surface area contributed by atoms with Crippen LogP contribution in [0.25, 0.3) is 0 Å². The van der Waals surface area contributed by atoms with Crippen molar-refractivity contribution in [2.75, 3.05) is 14.1 Å². The highest BCUT2D eigenvalue weighted by molar-refractivity contribution is 6.73. The highest BCUT2D eigenvalue weighted by atomic mass is 28.3. The Morgan fingerprint density at radius 1 is 0.700 bits per heavy atom. The first-order valence-corrected chi connectivity index (χ1v) is 14.3. The Morgan fingerprint density at radius 3 is 1.15 bits per heavy atom. The van der Waals surface area contributed by atoms with Crippen LogP contribution in [0.15, 0.2) is 10.2 Å². The van der Waals surface area contributed by atoms with E-state index in [0.717, 1.165) is 12.8 Å². The molecule has 0 rings (SSSR count). The van der Waals surface area contributed by atoms with Gasteiger partial charge in [0.1, 0.15) is 0 Å². The smallest absolute Gasteiger partial charge is 0.168 e. The van der Waals surface area contributed by atoms with Crippen molar-refractivity contribution < 1.29 is 0 Å². The van der Waals surface area contributed by atoms with Crippen molar-refractivity contribution in [3.05, 3.63) is 0 Å². The molecule has 20 heavy (non-hydrogen) atoms. The molecular weight excluding hydrogens is 280 g/mol. The van der Waals surface area contributed by atoms with Gasteiger partial charge in [0.05, 0.1) is 0 Å². The fraction of sp³-hybridized carbons (Fsp3) is 0.857. The van der Waals surface area contributed by atoms with Crippen molar-refractivity contribution in [2.24, 2.45) is 10.2 Å². The number of hydrogen-bond donors (Lipinski definition) is 0. The summed E-state index contributed by atoms with van der Waals surface area (Å²) in [7, 11) is 1.55. The van der Waals surface area contributed by atoms with E-state index < -0.39 is 16.5 Å². The molecule has 0 saturated heterocycles. The van der Waals surface area contributed by atoms with E-state index in [2.05, 4.69) is 76.6 Å². The summed E-state index contributed by atoms with van der Waals surface area (Å²) in [4.78, 5) is 0. The van der Waals surface area contributed by atoms with Crippen LogP contribution >= 0.6 is 0 Å². The predicted octanol–water partition coefficient (Wildman–Crippen LogP) is 4.05. The van der Waals surface area contributed by atoms with Crippen molar-refractivity contribution in [1.82, 2.24) is 9.35 Å². The first-order valence-electron chi connectivity index (χ1n) is 7.40. The Hall–Kier alpha value is -0.626. The lowest BCUT2D eigenvalue weighted by Gasteiger charge is -2.28. The Morgan fingerprint density at radius 2 is 0.950 bits per heavy atom. The minimum atomic E-state index is -1.32. The van der Waals surface area contributed by atoms with Gasteiger partial charge in [0.15, 0.2) is 16.5 Å². The summed E-state index contributed by atoms with van der Waals surface area (Å²) in [6.07, 6.45) is 1.98. The molecule has 6 heteroatoms. The quantitative estimate of drug-likeness (QED) is 0.403. The van der Waals surface area contributed by atoms with Crippen LogP contribution in [0.1, 0.15) is 26.7 Å². The van der Waals surface area contributed by atoms with Crippen LogP contribution in [0.2, 0.25) is 39.3 Å². The minimum absolute atomic E-state index is 0.990. The molecule has 0 fully saturated rings. The van der Waals surface area contributed by atoms with Crippen molar-refractivity contribution in [1.29, 1.82) is 0 Å². The van der Waals surface area contributed by atoms with Crippen molar-refractivity contribution in [2.45, 2.75) is 66.0 Å². The lowest BCUT2D eigenvalue weighted by atomic mass is 10.2. The third-order valence-electron chi connectivity index (χ3n) is 3.43. The molecule has 0 spiro atoms. The van der Waals surface area contributed by atoms with Gasteiger partial charge in [-0.1, -0.05) is 39.3 Å². The number of nitrogens with zero attached hydrogens (tertiary/aromatic N) is 4. The van der Waals surface area contributed by atoms with Crippen LogP contribution in [0.4, 0.5) is 0 Å². The Labute approximate surface area is 128 Å². The Bertz CT molecular complexity index is 328. The summed E-state index contributed by atoms with van der Waals surface area (Å²) in [6, 6.07) is 0. The Kier molecular flexibility index (Phi) is 7.17. The minimum Gasteiger partial charge on any atom is -0.328 e.